The summed E-state index contributed by atoms with van der Waals surface area (Å²) in [5.74, 6) is 0. The van der Waals surface area contributed by atoms with Gasteiger partial charge in [-0.2, -0.15) is 5.26 Å². The summed E-state index contributed by atoms with van der Waals surface area (Å²) in [4.78, 5) is 0. The van der Waals surface area contributed by atoms with E-state index in [4.69, 9.17) is 5.21 Å². The molecule has 88 valence electrons. The smallest absolute Gasteiger partial charge is 0.102 e. The highest BCUT2D eigenvalue weighted by Gasteiger charge is 2.07. The van der Waals surface area contributed by atoms with Crippen LogP contribution < -0.4 is 0 Å². The number of nitriles is 1. The van der Waals surface area contributed by atoms with Crippen LogP contribution in [-0.2, 0) is 0 Å². The van der Waals surface area contributed by atoms with Crippen LogP contribution in [0.5, 0.6) is 0 Å². The van der Waals surface area contributed by atoms with Gasteiger partial charge >= 0.3 is 0 Å². The normalized spacial score (nSPS) is 13.3. The molecule has 3 heteroatoms. The zero-order chi connectivity index (χ0) is 13.0. The molecule has 0 saturated carbocycles. The summed E-state index contributed by atoms with van der Waals surface area (Å²) in [6.45, 7) is 2.01. The van der Waals surface area contributed by atoms with Gasteiger partial charge in [-0.05, 0) is 30.2 Å². The molecule has 0 amide bonds. The minimum Gasteiger partial charge on any atom is -0.410 e. The van der Waals surface area contributed by atoms with Crippen molar-refractivity contribution in [2.75, 3.05) is 0 Å². The maximum Gasteiger partial charge on any atom is 0.102 e. The molecule has 0 atom stereocenters. The fourth-order valence-electron chi connectivity index (χ4n) is 1.71. The van der Waals surface area contributed by atoms with Gasteiger partial charge in [-0.25, -0.2) is 0 Å². The van der Waals surface area contributed by atoms with Crippen molar-refractivity contribution in [3.63, 3.8) is 0 Å². The van der Waals surface area contributed by atoms with E-state index in [-0.39, 0.29) is 0 Å². The molecule has 2 rings (SSSR count). The van der Waals surface area contributed by atoms with Crippen LogP contribution in [0.3, 0.4) is 0 Å². The van der Waals surface area contributed by atoms with E-state index in [0.717, 1.165) is 16.7 Å². The summed E-state index contributed by atoms with van der Waals surface area (Å²) in [7, 11) is 0. The highest BCUT2D eigenvalue weighted by Crippen LogP contribution is 2.22. The summed E-state index contributed by atoms with van der Waals surface area (Å²) < 4.78 is 0. The van der Waals surface area contributed by atoms with Crippen LogP contribution in [0.1, 0.15) is 11.1 Å². The van der Waals surface area contributed by atoms with Gasteiger partial charge < -0.3 is 5.21 Å². The zero-order valence-corrected chi connectivity index (χ0v) is 9.96. The van der Waals surface area contributed by atoms with Crippen LogP contribution in [0.2, 0.25) is 0 Å². The highest BCUT2D eigenvalue weighted by molar-refractivity contribution is 6.06. The topological polar surface area (TPSA) is 56.4 Å². The Kier molecular flexibility index (Phi) is 3.40. The average Bonchev–Trinajstić information content (AvgIpc) is 2.42. The maximum atomic E-state index is 9.27. The van der Waals surface area contributed by atoms with E-state index in [9.17, 15) is 5.26 Å². The van der Waals surface area contributed by atoms with Crippen LogP contribution in [0.4, 0.5) is 0 Å². The number of benzene rings is 1. The molecule has 0 aliphatic heterocycles. The Balaban J connectivity index is 2.44. The lowest BCUT2D eigenvalue weighted by molar-refractivity contribution is 0.320. The summed E-state index contributed by atoms with van der Waals surface area (Å²) in [6.07, 6.45) is 6.88. The van der Waals surface area contributed by atoms with E-state index >= 15 is 0 Å². The quantitative estimate of drug-likeness (QED) is 0.462. The largest absolute Gasteiger partial charge is 0.410 e. The molecule has 1 aliphatic carbocycles. The maximum absolute atomic E-state index is 9.27. The Morgan fingerprint density at radius 2 is 1.72 bits per heavy atom. The number of nitrogens with zero attached hydrogens (tertiary/aromatic N) is 2. The second-order valence-corrected chi connectivity index (χ2v) is 4.00. The van der Waals surface area contributed by atoms with E-state index in [0.29, 0.717) is 11.3 Å². The lowest BCUT2D eigenvalue weighted by atomic mass is 9.97. The Morgan fingerprint density at radius 3 is 2.22 bits per heavy atom. The molecule has 0 unspecified atom stereocenters. The van der Waals surface area contributed by atoms with E-state index in [1.54, 1.807) is 24.3 Å². The van der Waals surface area contributed by atoms with Gasteiger partial charge in [-0.1, -0.05) is 47.1 Å². The van der Waals surface area contributed by atoms with Crippen molar-refractivity contribution in [1.82, 2.24) is 0 Å². The van der Waals surface area contributed by atoms with Gasteiger partial charge in [0.25, 0.3) is 0 Å². The van der Waals surface area contributed by atoms with Gasteiger partial charge in [0.15, 0.2) is 0 Å². The first-order valence-electron chi connectivity index (χ1n) is 5.54. The fraction of sp³-hybridized carbons (Fsp3) is 0.0667. The second-order valence-electron chi connectivity index (χ2n) is 4.00. The number of aryl methyl sites for hydroxylation is 1. The van der Waals surface area contributed by atoms with Crippen molar-refractivity contribution >= 4 is 11.3 Å². The van der Waals surface area contributed by atoms with Gasteiger partial charge in [-0.3, -0.25) is 0 Å². The SMILES string of the molecule is Cc1ccc(C(C#N)=C2C=CC(=NO)C=C2)cc1. The first-order valence-corrected chi connectivity index (χ1v) is 5.54. The molecule has 3 nitrogen and oxygen atoms in total. The van der Waals surface area contributed by atoms with Gasteiger partial charge in [0.2, 0.25) is 0 Å². The predicted octanol–water partition coefficient (Wildman–Crippen LogP) is 3.23. The summed E-state index contributed by atoms with van der Waals surface area (Å²) in [5, 5.41) is 21.0. The fourth-order valence-corrected chi connectivity index (χ4v) is 1.71. The first kappa shape index (κ1) is 11.9. The number of hydrogen-bond acceptors (Lipinski definition) is 3. The molecule has 1 N–H and O–H groups in total. The zero-order valence-electron chi connectivity index (χ0n) is 9.96. The summed E-state index contributed by atoms with van der Waals surface area (Å²) >= 11 is 0. The molecule has 1 aromatic carbocycles. The van der Waals surface area contributed by atoms with Crippen molar-refractivity contribution < 1.29 is 5.21 Å². The average molecular weight is 236 g/mol. The number of rotatable bonds is 1. The standard InChI is InChI=1S/C15H12N2O/c1-11-2-4-12(5-3-11)15(10-16)13-6-8-14(17-18)9-7-13/h2-9,18H,1H3. The lowest BCUT2D eigenvalue weighted by Gasteiger charge is -2.06. The molecular weight excluding hydrogens is 224 g/mol. The molecular formula is C15H12N2O. The minimum absolute atomic E-state index is 0.472. The Labute approximate surface area is 106 Å². The molecule has 0 aromatic heterocycles. The monoisotopic (exact) mass is 236 g/mol. The summed E-state index contributed by atoms with van der Waals surface area (Å²) in [5.41, 5.74) is 3.94. The van der Waals surface area contributed by atoms with Gasteiger partial charge in [0, 0.05) is 0 Å². The van der Waals surface area contributed by atoms with Gasteiger partial charge in [0.1, 0.15) is 11.8 Å². The number of allylic oxidation sites excluding steroid dienone is 6. The van der Waals surface area contributed by atoms with Crippen molar-refractivity contribution in [3.8, 4) is 6.07 Å². The van der Waals surface area contributed by atoms with Crippen molar-refractivity contribution in [1.29, 1.82) is 5.26 Å². The van der Waals surface area contributed by atoms with Crippen LogP contribution in [0.15, 0.2) is 59.3 Å². The third kappa shape index (κ3) is 2.38. The number of oxime groups is 1. The minimum atomic E-state index is 0.472. The van der Waals surface area contributed by atoms with E-state index in [2.05, 4.69) is 11.2 Å². The Bertz CT molecular complexity index is 593. The van der Waals surface area contributed by atoms with E-state index < -0.39 is 0 Å². The molecule has 0 radical (unpaired) electrons. The van der Waals surface area contributed by atoms with Crippen LogP contribution in [-0.4, -0.2) is 10.9 Å². The van der Waals surface area contributed by atoms with Crippen LogP contribution in [0.25, 0.3) is 5.57 Å². The van der Waals surface area contributed by atoms with Crippen molar-refractivity contribution in [3.05, 3.63) is 65.3 Å². The van der Waals surface area contributed by atoms with Crippen molar-refractivity contribution in [2.45, 2.75) is 6.92 Å². The second kappa shape index (κ2) is 5.15. The Morgan fingerprint density at radius 1 is 1.11 bits per heavy atom. The molecule has 0 spiro atoms. The van der Waals surface area contributed by atoms with Crippen molar-refractivity contribution in [2.24, 2.45) is 5.16 Å². The highest BCUT2D eigenvalue weighted by atomic mass is 16.4. The molecule has 0 saturated heterocycles. The van der Waals surface area contributed by atoms with Gasteiger partial charge in [0.05, 0.1) is 5.57 Å². The van der Waals surface area contributed by atoms with Crippen LogP contribution in [0, 0.1) is 18.3 Å². The van der Waals surface area contributed by atoms with Gasteiger partial charge in [-0.15, -0.1) is 0 Å². The van der Waals surface area contributed by atoms with E-state index in [1.165, 1.54) is 0 Å². The molecule has 1 aromatic rings. The van der Waals surface area contributed by atoms with Crippen LogP contribution >= 0.6 is 0 Å². The van der Waals surface area contributed by atoms with E-state index in [1.807, 2.05) is 31.2 Å². The summed E-state index contributed by atoms with van der Waals surface area (Å²) in [6, 6.07) is 10.0. The molecule has 1 aliphatic rings. The molecule has 0 heterocycles. The predicted molar refractivity (Wildman–Crippen MR) is 71.2 cm³/mol. The molecule has 0 fully saturated rings. The molecule has 18 heavy (non-hydrogen) atoms. The third-order valence-corrected chi connectivity index (χ3v) is 2.72. The third-order valence-electron chi connectivity index (χ3n) is 2.72. The lowest BCUT2D eigenvalue weighted by Crippen LogP contribution is -1.95. The molecule has 0 bridgehead atoms. The first-order chi connectivity index (χ1) is 8.74. The number of hydrogen-bond donors (Lipinski definition) is 1. The Hall–Kier alpha value is -2.60.